The molecule has 0 aromatic rings. The highest BCUT2D eigenvalue weighted by Crippen LogP contribution is 2.40. The zero-order valence-electron chi connectivity index (χ0n) is 12.6. The van der Waals surface area contributed by atoms with Crippen molar-refractivity contribution in [1.82, 2.24) is 10.2 Å². The van der Waals surface area contributed by atoms with Crippen molar-refractivity contribution in [2.24, 2.45) is 0 Å². The lowest BCUT2D eigenvalue weighted by Crippen LogP contribution is -2.76. The quantitative estimate of drug-likeness (QED) is 0.833. The molecule has 1 unspecified atom stereocenters. The lowest BCUT2D eigenvalue weighted by atomic mass is 9.75. The van der Waals surface area contributed by atoms with Crippen LogP contribution >= 0.6 is 0 Å². The molecule has 108 valence electrons. The summed E-state index contributed by atoms with van der Waals surface area (Å²) >= 11 is 0. The number of hydrogen-bond acceptors (Lipinski definition) is 2. The minimum atomic E-state index is -0.775. The molecule has 1 heterocycles. The Kier molecular flexibility index (Phi) is 3.63. The first-order valence-corrected chi connectivity index (χ1v) is 7.51. The van der Waals surface area contributed by atoms with Crippen LogP contribution in [0.25, 0.3) is 0 Å². The monoisotopic (exact) mass is 266 g/mol. The van der Waals surface area contributed by atoms with Gasteiger partial charge in [0.1, 0.15) is 11.1 Å². The van der Waals surface area contributed by atoms with Gasteiger partial charge in [-0.05, 0) is 40.0 Å². The van der Waals surface area contributed by atoms with Gasteiger partial charge in [0, 0.05) is 6.04 Å². The number of amides is 2. The number of nitrogens with zero attached hydrogens (tertiary/aromatic N) is 1. The average molecular weight is 266 g/mol. The second kappa shape index (κ2) is 4.80. The van der Waals surface area contributed by atoms with Gasteiger partial charge in [0.2, 0.25) is 11.8 Å². The maximum Gasteiger partial charge on any atom is 0.248 e. The molecule has 4 nitrogen and oxygen atoms in total. The molecule has 2 rings (SSSR count). The van der Waals surface area contributed by atoms with Crippen LogP contribution in [0.1, 0.15) is 66.2 Å². The average Bonchev–Trinajstić information content (AvgIpc) is 2.37. The van der Waals surface area contributed by atoms with E-state index in [2.05, 4.69) is 19.2 Å². The third kappa shape index (κ3) is 2.15. The van der Waals surface area contributed by atoms with E-state index >= 15 is 0 Å². The van der Waals surface area contributed by atoms with Gasteiger partial charge in [-0.2, -0.15) is 0 Å². The van der Waals surface area contributed by atoms with Crippen LogP contribution in [0.2, 0.25) is 0 Å². The van der Waals surface area contributed by atoms with Crippen LogP contribution < -0.4 is 5.32 Å². The third-order valence-electron chi connectivity index (χ3n) is 4.78. The highest BCUT2D eigenvalue weighted by molar-refractivity contribution is 6.02. The predicted octanol–water partition coefficient (Wildman–Crippen LogP) is 2.22. The number of nitrogens with one attached hydrogen (secondary N) is 1. The second-order valence-corrected chi connectivity index (χ2v) is 6.60. The Labute approximate surface area is 115 Å². The molecule has 0 aromatic carbocycles. The Morgan fingerprint density at radius 1 is 1.21 bits per heavy atom. The highest BCUT2D eigenvalue weighted by Gasteiger charge is 2.56. The molecule has 4 heteroatoms. The summed E-state index contributed by atoms with van der Waals surface area (Å²) in [6, 6.07) is 0.121. The molecular formula is C15H26N2O2. The van der Waals surface area contributed by atoms with E-state index in [0.717, 1.165) is 32.1 Å². The predicted molar refractivity (Wildman–Crippen MR) is 74.6 cm³/mol. The summed E-state index contributed by atoms with van der Waals surface area (Å²) in [5.74, 6) is 0.125. The van der Waals surface area contributed by atoms with Gasteiger partial charge in [0.25, 0.3) is 0 Å². The number of rotatable bonds is 2. The molecule has 2 amide bonds. The fraction of sp³-hybridized carbons (Fsp3) is 0.867. The summed E-state index contributed by atoms with van der Waals surface area (Å²) in [7, 11) is 0. The molecule has 1 aliphatic carbocycles. The van der Waals surface area contributed by atoms with Crippen molar-refractivity contribution >= 4 is 11.8 Å². The van der Waals surface area contributed by atoms with E-state index < -0.39 is 11.1 Å². The molecular weight excluding hydrogens is 240 g/mol. The van der Waals surface area contributed by atoms with Gasteiger partial charge in [0.15, 0.2) is 0 Å². The van der Waals surface area contributed by atoms with E-state index in [9.17, 15) is 9.59 Å². The summed E-state index contributed by atoms with van der Waals surface area (Å²) in [6.07, 6.45) is 5.75. The zero-order chi connectivity index (χ0) is 14.3. The van der Waals surface area contributed by atoms with Crippen molar-refractivity contribution in [3.8, 4) is 0 Å². The first kappa shape index (κ1) is 14.4. The zero-order valence-corrected chi connectivity index (χ0v) is 12.6. The van der Waals surface area contributed by atoms with Crippen molar-refractivity contribution < 1.29 is 9.59 Å². The molecule has 1 saturated heterocycles. The van der Waals surface area contributed by atoms with Crippen LogP contribution in [-0.2, 0) is 9.59 Å². The maximum absolute atomic E-state index is 12.8. The molecule has 2 aliphatic rings. The van der Waals surface area contributed by atoms with Crippen LogP contribution in [0.4, 0.5) is 0 Å². The van der Waals surface area contributed by atoms with E-state index in [1.165, 1.54) is 6.42 Å². The molecule has 0 aromatic heterocycles. The molecule has 1 spiro atoms. The minimum absolute atomic E-state index is 0.0529. The van der Waals surface area contributed by atoms with E-state index in [1.807, 2.05) is 4.90 Å². The van der Waals surface area contributed by atoms with E-state index in [1.54, 1.807) is 13.8 Å². The summed E-state index contributed by atoms with van der Waals surface area (Å²) in [5, 5.41) is 2.94. The molecule has 1 saturated carbocycles. The van der Waals surface area contributed by atoms with Crippen LogP contribution in [0.15, 0.2) is 0 Å². The first-order chi connectivity index (χ1) is 8.85. The first-order valence-electron chi connectivity index (χ1n) is 7.51. The van der Waals surface area contributed by atoms with Gasteiger partial charge in [-0.25, -0.2) is 0 Å². The Hall–Kier alpha value is -1.06. The Balaban J connectivity index is 2.43. The highest BCUT2D eigenvalue weighted by atomic mass is 16.2. The van der Waals surface area contributed by atoms with Crippen LogP contribution in [0, 0.1) is 0 Å². The van der Waals surface area contributed by atoms with Crippen molar-refractivity contribution in [2.45, 2.75) is 83.3 Å². The summed E-state index contributed by atoms with van der Waals surface area (Å²) in [4.78, 5) is 27.3. The van der Waals surface area contributed by atoms with Crippen molar-refractivity contribution in [2.75, 3.05) is 0 Å². The molecule has 1 aliphatic heterocycles. The van der Waals surface area contributed by atoms with Crippen LogP contribution in [0.3, 0.4) is 0 Å². The third-order valence-corrected chi connectivity index (χ3v) is 4.78. The fourth-order valence-electron chi connectivity index (χ4n) is 3.47. The van der Waals surface area contributed by atoms with Gasteiger partial charge in [-0.3, -0.25) is 9.59 Å². The maximum atomic E-state index is 12.8. The normalized spacial score (nSPS) is 27.3. The number of hydrogen-bond donors (Lipinski definition) is 1. The Morgan fingerprint density at radius 3 is 2.32 bits per heavy atom. The molecule has 19 heavy (non-hydrogen) atoms. The van der Waals surface area contributed by atoms with Gasteiger partial charge >= 0.3 is 0 Å². The fourth-order valence-corrected chi connectivity index (χ4v) is 3.47. The second-order valence-electron chi connectivity index (χ2n) is 6.60. The molecule has 1 atom stereocenters. The van der Waals surface area contributed by atoms with Crippen molar-refractivity contribution in [1.29, 1.82) is 0 Å². The van der Waals surface area contributed by atoms with Crippen molar-refractivity contribution in [3.63, 3.8) is 0 Å². The van der Waals surface area contributed by atoms with Gasteiger partial charge in [-0.15, -0.1) is 0 Å². The SMILES string of the molecule is CCC(C)N1C(=O)C(C)(C)NC(=O)C12CCCCC2. The topological polar surface area (TPSA) is 49.4 Å². The van der Waals surface area contributed by atoms with E-state index in [-0.39, 0.29) is 17.9 Å². The summed E-state index contributed by atoms with van der Waals surface area (Å²) < 4.78 is 0. The number of carbonyl (C=O) groups excluding carboxylic acids is 2. The molecule has 1 N–H and O–H groups in total. The van der Waals surface area contributed by atoms with Crippen molar-refractivity contribution in [3.05, 3.63) is 0 Å². The molecule has 0 radical (unpaired) electrons. The number of piperazine rings is 1. The minimum Gasteiger partial charge on any atom is -0.340 e. The largest absolute Gasteiger partial charge is 0.340 e. The summed E-state index contributed by atoms with van der Waals surface area (Å²) in [6.45, 7) is 7.74. The van der Waals surface area contributed by atoms with E-state index in [4.69, 9.17) is 0 Å². The molecule has 0 bridgehead atoms. The Bertz CT molecular complexity index is 384. The lowest BCUT2D eigenvalue weighted by Gasteiger charge is -2.54. The van der Waals surface area contributed by atoms with Crippen LogP contribution in [-0.4, -0.2) is 33.8 Å². The summed E-state index contributed by atoms with van der Waals surface area (Å²) in [5.41, 5.74) is -1.36. The molecule has 2 fully saturated rings. The van der Waals surface area contributed by atoms with Crippen LogP contribution in [0.5, 0.6) is 0 Å². The standard InChI is InChI=1S/C15H26N2O2/c1-5-11(2)17-13(19)14(3,4)16-12(18)15(17)9-7-6-8-10-15/h11H,5-10H2,1-4H3,(H,16,18). The van der Waals surface area contributed by atoms with Gasteiger partial charge in [0.05, 0.1) is 0 Å². The van der Waals surface area contributed by atoms with Gasteiger partial charge < -0.3 is 10.2 Å². The lowest BCUT2D eigenvalue weighted by molar-refractivity contribution is -0.167. The smallest absolute Gasteiger partial charge is 0.248 e. The Morgan fingerprint density at radius 2 is 1.79 bits per heavy atom. The number of carbonyl (C=O) groups is 2. The van der Waals surface area contributed by atoms with Gasteiger partial charge in [-0.1, -0.05) is 26.2 Å². The van der Waals surface area contributed by atoms with E-state index in [0.29, 0.717) is 0 Å².